The molecule has 2 rings (SSSR count). The lowest BCUT2D eigenvalue weighted by atomic mass is 9.79. The Kier molecular flexibility index (Phi) is 5.33. The maximum Gasteiger partial charge on any atom is 0.407 e. The Balaban J connectivity index is 1.73. The van der Waals surface area contributed by atoms with Gasteiger partial charge in [0.2, 0.25) is 0 Å². The number of benzene rings is 1. The molecule has 1 aliphatic carbocycles. The lowest BCUT2D eigenvalue weighted by Crippen LogP contribution is -2.36. The van der Waals surface area contributed by atoms with Crippen LogP contribution in [-0.2, 0) is 4.74 Å². The zero-order valence-electron chi connectivity index (χ0n) is 13.8. The van der Waals surface area contributed by atoms with Crippen LogP contribution in [0.4, 0.5) is 4.79 Å². The minimum atomic E-state index is -0.444. The summed E-state index contributed by atoms with van der Waals surface area (Å²) in [5.74, 6) is 1.42. The van der Waals surface area contributed by atoms with E-state index in [4.69, 9.17) is 4.74 Å². The quantitative estimate of drug-likeness (QED) is 0.880. The highest BCUT2D eigenvalue weighted by Gasteiger charge is 2.23. The summed E-state index contributed by atoms with van der Waals surface area (Å²) in [6.07, 6.45) is 4.16. The Morgan fingerprint density at radius 1 is 1.18 bits per heavy atom. The molecule has 122 valence electrons. The van der Waals surface area contributed by atoms with E-state index in [0.717, 1.165) is 25.7 Å². The van der Waals surface area contributed by atoms with Crippen LogP contribution in [0.15, 0.2) is 24.3 Å². The summed E-state index contributed by atoms with van der Waals surface area (Å²) >= 11 is 0. The molecular formula is C18H27NO3. The van der Waals surface area contributed by atoms with E-state index in [1.54, 1.807) is 12.1 Å². The minimum absolute atomic E-state index is 0.319. The smallest absolute Gasteiger partial charge is 0.407 e. The number of phenolic OH excluding ortho intramolecular Hbond substituents is 1. The first-order chi connectivity index (χ1) is 10.3. The Labute approximate surface area is 132 Å². The molecule has 0 aromatic heterocycles. The molecule has 22 heavy (non-hydrogen) atoms. The molecule has 0 unspecified atom stereocenters. The first-order valence-electron chi connectivity index (χ1n) is 8.09. The molecule has 1 aliphatic rings. The van der Waals surface area contributed by atoms with Crippen molar-refractivity contribution >= 4 is 6.09 Å². The van der Waals surface area contributed by atoms with Gasteiger partial charge in [-0.25, -0.2) is 4.79 Å². The van der Waals surface area contributed by atoms with Gasteiger partial charge in [0.15, 0.2) is 0 Å². The SMILES string of the molecule is CC(C)(C)OC(=O)NC[C@H]1CC[C@H](c2ccc(O)cc2)CC1. The highest BCUT2D eigenvalue weighted by molar-refractivity contribution is 5.67. The van der Waals surface area contributed by atoms with Crippen molar-refractivity contribution in [2.24, 2.45) is 5.92 Å². The number of phenols is 1. The Morgan fingerprint density at radius 2 is 1.77 bits per heavy atom. The average molecular weight is 305 g/mol. The van der Waals surface area contributed by atoms with Crippen LogP contribution in [-0.4, -0.2) is 23.3 Å². The van der Waals surface area contributed by atoms with E-state index in [-0.39, 0.29) is 6.09 Å². The molecule has 0 spiro atoms. The van der Waals surface area contributed by atoms with Gasteiger partial charge in [0.1, 0.15) is 11.4 Å². The van der Waals surface area contributed by atoms with Crippen molar-refractivity contribution in [1.82, 2.24) is 5.32 Å². The molecule has 0 aliphatic heterocycles. The minimum Gasteiger partial charge on any atom is -0.508 e. The second-order valence-corrected chi connectivity index (χ2v) is 7.19. The Bertz CT molecular complexity index is 482. The molecule has 1 fully saturated rings. The first-order valence-corrected chi connectivity index (χ1v) is 8.09. The summed E-state index contributed by atoms with van der Waals surface area (Å²) in [6.45, 7) is 6.30. The number of hydrogen-bond donors (Lipinski definition) is 2. The van der Waals surface area contributed by atoms with Crippen LogP contribution in [0.3, 0.4) is 0 Å². The van der Waals surface area contributed by atoms with Crippen LogP contribution in [0, 0.1) is 5.92 Å². The van der Waals surface area contributed by atoms with Crippen LogP contribution in [0.1, 0.15) is 57.9 Å². The number of amides is 1. The molecule has 4 nitrogen and oxygen atoms in total. The van der Waals surface area contributed by atoms with Gasteiger partial charge in [-0.15, -0.1) is 0 Å². The van der Waals surface area contributed by atoms with Crippen molar-refractivity contribution in [2.75, 3.05) is 6.54 Å². The van der Waals surface area contributed by atoms with Gasteiger partial charge in [-0.05, 0) is 76.0 Å². The van der Waals surface area contributed by atoms with E-state index < -0.39 is 5.60 Å². The van der Waals surface area contributed by atoms with Crippen LogP contribution < -0.4 is 5.32 Å². The lowest BCUT2D eigenvalue weighted by Gasteiger charge is -2.29. The van der Waals surface area contributed by atoms with Crippen LogP contribution in [0.2, 0.25) is 0 Å². The molecule has 2 N–H and O–H groups in total. The molecule has 1 saturated carbocycles. The highest BCUT2D eigenvalue weighted by Crippen LogP contribution is 2.35. The summed E-state index contributed by atoms with van der Waals surface area (Å²) in [6, 6.07) is 7.54. The van der Waals surface area contributed by atoms with E-state index in [1.807, 2.05) is 32.9 Å². The molecule has 0 radical (unpaired) electrons. The third kappa shape index (κ3) is 5.24. The molecule has 1 amide bonds. The van der Waals surface area contributed by atoms with Crippen molar-refractivity contribution in [2.45, 2.75) is 58.0 Å². The van der Waals surface area contributed by atoms with Gasteiger partial charge in [0.05, 0.1) is 0 Å². The maximum atomic E-state index is 11.7. The number of carbonyl (C=O) groups is 1. The second-order valence-electron chi connectivity index (χ2n) is 7.19. The summed E-state index contributed by atoms with van der Waals surface area (Å²) in [5.41, 5.74) is 0.858. The molecule has 4 heteroatoms. The van der Waals surface area contributed by atoms with E-state index in [2.05, 4.69) is 5.32 Å². The molecule has 1 aromatic carbocycles. The first kappa shape index (κ1) is 16.7. The number of alkyl carbamates (subject to hydrolysis) is 1. The molecule has 0 heterocycles. The van der Waals surface area contributed by atoms with Gasteiger partial charge in [0.25, 0.3) is 0 Å². The largest absolute Gasteiger partial charge is 0.508 e. The zero-order chi connectivity index (χ0) is 16.2. The normalized spacial score (nSPS) is 22.1. The molecule has 0 saturated heterocycles. The van der Waals surface area contributed by atoms with Crippen molar-refractivity contribution in [1.29, 1.82) is 0 Å². The van der Waals surface area contributed by atoms with Gasteiger partial charge in [-0.2, -0.15) is 0 Å². The van der Waals surface area contributed by atoms with Gasteiger partial charge in [0, 0.05) is 6.54 Å². The van der Waals surface area contributed by atoms with Crippen molar-refractivity contribution in [3.8, 4) is 5.75 Å². The fourth-order valence-corrected chi connectivity index (χ4v) is 2.99. The van der Waals surface area contributed by atoms with Crippen LogP contribution >= 0.6 is 0 Å². The van der Waals surface area contributed by atoms with Crippen molar-refractivity contribution in [3.05, 3.63) is 29.8 Å². The van der Waals surface area contributed by atoms with Crippen molar-refractivity contribution < 1.29 is 14.6 Å². The van der Waals surface area contributed by atoms with E-state index in [9.17, 15) is 9.90 Å². The number of aromatic hydroxyl groups is 1. The van der Waals surface area contributed by atoms with E-state index in [1.165, 1.54) is 5.56 Å². The molecule has 0 bridgehead atoms. The highest BCUT2D eigenvalue weighted by atomic mass is 16.6. The maximum absolute atomic E-state index is 11.7. The number of hydrogen-bond acceptors (Lipinski definition) is 3. The summed E-state index contributed by atoms with van der Waals surface area (Å²) in [4.78, 5) is 11.7. The Morgan fingerprint density at radius 3 is 2.32 bits per heavy atom. The summed E-state index contributed by atoms with van der Waals surface area (Å²) in [7, 11) is 0. The number of carbonyl (C=O) groups excluding carboxylic acids is 1. The third-order valence-corrected chi connectivity index (χ3v) is 4.15. The Hall–Kier alpha value is -1.71. The second kappa shape index (κ2) is 7.03. The average Bonchev–Trinajstić information content (AvgIpc) is 2.45. The van der Waals surface area contributed by atoms with Crippen LogP contribution in [0.25, 0.3) is 0 Å². The predicted molar refractivity (Wildman–Crippen MR) is 87.0 cm³/mol. The molecule has 0 atom stereocenters. The van der Waals surface area contributed by atoms with Crippen molar-refractivity contribution in [3.63, 3.8) is 0 Å². The van der Waals surface area contributed by atoms with E-state index >= 15 is 0 Å². The van der Waals surface area contributed by atoms with Gasteiger partial charge in [-0.1, -0.05) is 12.1 Å². The van der Waals surface area contributed by atoms with E-state index in [0.29, 0.717) is 24.1 Å². The van der Waals surface area contributed by atoms with Gasteiger partial charge in [-0.3, -0.25) is 0 Å². The monoisotopic (exact) mass is 305 g/mol. The topological polar surface area (TPSA) is 58.6 Å². The summed E-state index contributed by atoms with van der Waals surface area (Å²) < 4.78 is 5.26. The molecule has 1 aromatic rings. The third-order valence-electron chi connectivity index (χ3n) is 4.15. The fourth-order valence-electron chi connectivity index (χ4n) is 2.99. The van der Waals surface area contributed by atoms with Gasteiger partial charge >= 0.3 is 6.09 Å². The standard InChI is InChI=1S/C18H27NO3/c1-18(2,3)22-17(21)19-12-13-4-6-14(7-5-13)15-8-10-16(20)11-9-15/h8-11,13-14,20H,4-7,12H2,1-3H3,(H,19,21)/t13-,14-. The van der Waals surface area contributed by atoms with Gasteiger partial charge < -0.3 is 15.2 Å². The molecular weight excluding hydrogens is 278 g/mol. The fraction of sp³-hybridized carbons (Fsp3) is 0.611. The number of nitrogens with one attached hydrogen (secondary N) is 1. The predicted octanol–water partition coefficient (Wildman–Crippen LogP) is 4.19. The van der Waals surface area contributed by atoms with Crippen LogP contribution in [0.5, 0.6) is 5.75 Å². The lowest BCUT2D eigenvalue weighted by molar-refractivity contribution is 0.0514. The zero-order valence-corrected chi connectivity index (χ0v) is 13.8. The number of ether oxygens (including phenoxy) is 1. The number of rotatable bonds is 3. The summed E-state index contributed by atoms with van der Waals surface area (Å²) in [5, 5.41) is 12.2.